The van der Waals surface area contributed by atoms with Gasteiger partial charge in [0.05, 0.1) is 0 Å². The Bertz CT molecular complexity index is 392. The molecular weight excluding hydrogens is 156 g/mol. The lowest BCUT2D eigenvalue weighted by Crippen LogP contribution is -2.22. The van der Waals surface area contributed by atoms with Crippen molar-refractivity contribution in [3.63, 3.8) is 0 Å². The van der Waals surface area contributed by atoms with Crippen molar-refractivity contribution in [1.82, 2.24) is 4.98 Å². The molecule has 3 heteroatoms. The summed E-state index contributed by atoms with van der Waals surface area (Å²) in [5.41, 5.74) is 2.32. The standard InChI is InChI=1S/C8H9N2S/c1-6-3-4-10-7(2)5-11-8(10)9-6/h3-5H,1-2H3/q+1. The van der Waals surface area contributed by atoms with Gasteiger partial charge in [-0.3, -0.25) is 0 Å². The molecule has 2 aromatic rings. The second-order valence-electron chi connectivity index (χ2n) is 2.60. The summed E-state index contributed by atoms with van der Waals surface area (Å²) in [4.78, 5) is 5.45. The maximum absolute atomic E-state index is 4.38. The van der Waals surface area contributed by atoms with Gasteiger partial charge in [-0.15, -0.1) is 0 Å². The summed E-state index contributed by atoms with van der Waals surface area (Å²) in [5.74, 6) is 0. The fourth-order valence-corrected chi connectivity index (χ4v) is 1.94. The zero-order chi connectivity index (χ0) is 7.84. The molecule has 0 aromatic carbocycles. The van der Waals surface area contributed by atoms with E-state index in [2.05, 4.69) is 27.9 Å². The van der Waals surface area contributed by atoms with Gasteiger partial charge >= 0.3 is 4.96 Å². The highest BCUT2D eigenvalue weighted by Gasteiger charge is 2.08. The molecule has 0 fully saturated rings. The fraction of sp³-hybridized carbons (Fsp3) is 0.250. The van der Waals surface area contributed by atoms with Gasteiger partial charge in [-0.2, -0.15) is 4.40 Å². The van der Waals surface area contributed by atoms with E-state index in [1.54, 1.807) is 11.3 Å². The monoisotopic (exact) mass is 165 g/mol. The number of hydrogen-bond donors (Lipinski definition) is 0. The summed E-state index contributed by atoms with van der Waals surface area (Å²) >= 11 is 1.68. The van der Waals surface area contributed by atoms with E-state index in [4.69, 9.17) is 0 Å². The number of aryl methyl sites for hydroxylation is 2. The van der Waals surface area contributed by atoms with Crippen molar-refractivity contribution in [3.8, 4) is 0 Å². The first-order valence-corrected chi connectivity index (χ1v) is 4.38. The Morgan fingerprint density at radius 3 is 3.09 bits per heavy atom. The Morgan fingerprint density at radius 1 is 1.45 bits per heavy atom. The van der Waals surface area contributed by atoms with Crippen LogP contribution in [0, 0.1) is 13.8 Å². The van der Waals surface area contributed by atoms with Crippen LogP contribution in [0.5, 0.6) is 0 Å². The zero-order valence-corrected chi connectivity index (χ0v) is 7.35. The van der Waals surface area contributed by atoms with Crippen LogP contribution in [0.3, 0.4) is 0 Å². The average Bonchev–Trinajstić information content (AvgIpc) is 2.32. The molecule has 0 N–H and O–H groups in total. The van der Waals surface area contributed by atoms with Gasteiger partial charge in [0.1, 0.15) is 11.9 Å². The van der Waals surface area contributed by atoms with Gasteiger partial charge in [-0.05, 0) is 11.9 Å². The first kappa shape index (κ1) is 6.73. The molecule has 0 radical (unpaired) electrons. The van der Waals surface area contributed by atoms with Gasteiger partial charge in [0.25, 0.3) is 0 Å². The molecular formula is C8H9N2S+. The Hall–Kier alpha value is -0.960. The van der Waals surface area contributed by atoms with Crippen LogP contribution in [0.1, 0.15) is 11.4 Å². The molecule has 0 atom stereocenters. The molecule has 0 bridgehead atoms. The topological polar surface area (TPSA) is 17.0 Å². The van der Waals surface area contributed by atoms with Gasteiger partial charge in [0, 0.05) is 18.4 Å². The summed E-state index contributed by atoms with van der Waals surface area (Å²) in [6.45, 7) is 4.09. The first-order valence-electron chi connectivity index (χ1n) is 3.50. The summed E-state index contributed by atoms with van der Waals surface area (Å²) in [6.07, 6.45) is 2.06. The number of aromatic nitrogens is 2. The molecule has 0 saturated heterocycles. The van der Waals surface area contributed by atoms with Crippen molar-refractivity contribution in [1.29, 1.82) is 0 Å². The molecule has 0 amide bonds. The minimum Gasteiger partial charge on any atom is -0.190 e. The fourth-order valence-electron chi connectivity index (χ4n) is 1.03. The van der Waals surface area contributed by atoms with Crippen molar-refractivity contribution >= 4 is 16.3 Å². The maximum atomic E-state index is 4.38. The molecule has 0 spiro atoms. The third kappa shape index (κ3) is 1.01. The number of nitrogens with zero attached hydrogens (tertiary/aromatic N) is 2. The van der Waals surface area contributed by atoms with E-state index in [1.807, 2.05) is 13.0 Å². The van der Waals surface area contributed by atoms with E-state index in [9.17, 15) is 0 Å². The van der Waals surface area contributed by atoms with Crippen LogP contribution in [0.25, 0.3) is 4.96 Å². The molecule has 0 unspecified atom stereocenters. The van der Waals surface area contributed by atoms with Crippen LogP contribution in [-0.2, 0) is 0 Å². The smallest absolute Gasteiger partial charge is 0.190 e. The van der Waals surface area contributed by atoms with Crippen LogP contribution in [0.15, 0.2) is 17.6 Å². The highest BCUT2D eigenvalue weighted by Crippen LogP contribution is 2.05. The third-order valence-electron chi connectivity index (χ3n) is 1.66. The largest absolute Gasteiger partial charge is 0.387 e. The van der Waals surface area contributed by atoms with Crippen LogP contribution >= 0.6 is 11.3 Å². The zero-order valence-electron chi connectivity index (χ0n) is 6.53. The van der Waals surface area contributed by atoms with Gasteiger partial charge < -0.3 is 0 Å². The second kappa shape index (κ2) is 2.27. The molecule has 0 aliphatic rings. The Balaban J connectivity index is 2.86. The molecule has 56 valence electrons. The summed E-state index contributed by atoms with van der Waals surface area (Å²) in [7, 11) is 0. The van der Waals surface area contributed by atoms with Crippen molar-refractivity contribution in [2.45, 2.75) is 13.8 Å². The Morgan fingerprint density at radius 2 is 2.27 bits per heavy atom. The lowest BCUT2D eigenvalue weighted by Gasteiger charge is -1.84. The lowest BCUT2D eigenvalue weighted by molar-refractivity contribution is -0.517. The van der Waals surface area contributed by atoms with Crippen LogP contribution in [0.2, 0.25) is 0 Å². The van der Waals surface area contributed by atoms with Gasteiger partial charge in [-0.1, -0.05) is 11.3 Å². The van der Waals surface area contributed by atoms with E-state index in [0.29, 0.717) is 0 Å². The van der Waals surface area contributed by atoms with Crippen LogP contribution in [0.4, 0.5) is 0 Å². The quantitative estimate of drug-likeness (QED) is 0.541. The predicted octanol–water partition coefficient (Wildman–Crippen LogP) is 1.50. The third-order valence-corrected chi connectivity index (χ3v) is 2.62. The molecule has 11 heavy (non-hydrogen) atoms. The van der Waals surface area contributed by atoms with Gasteiger partial charge in [0.2, 0.25) is 0 Å². The summed E-state index contributed by atoms with van der Waals surface area (Å²) < 4.78 is 2.09. The molecule has 0 aliphatic heterocycles. The normalized spacial score (nSPS) is 10.7. The maximum Gasteiger partial charge on any atom is 0.387 e. The number of hydrogen-bond acceptors (Lipinski definition) is 2. The van der Waals surface area contributed by atoms with E-state index >= 15 is 0 Å². The Kier molecular flexibility index (Phi) is 1.39. The molecule has 2 rings (SSSR count). The molecule has 0 aliphatic carbocycles. The van der Waals surface area contributed by atoms with Gasteiger partial charge in [0.15, 0.2) is 5.69 Å². The van der Waals surface area contributed by atoms with E-state index in [0.717, 1.165) is 10.7 Å². The summed E-state index contributed by atoms with van der Waals surface area (Å²) in [6, 6.07) is 2.02. The average molecular weight is 165 g/mol. The minimum absolute atomic E-state index is 1.07. The van der Waals surface area contributed by atoms with Crippen LogP contribution in [-0.4, -0.2) is 4.98 Å². The molecule has 2 aromatic heterocycles. The number of fused-ring (bicyclic) bond motifs is 1. The predicted molar refractivity (Wildman–Crippen MR) is 44.7 cm³/mol. The van der Waals surface area contributed by atoms with Crippen molar-refractivity contribution in [2.75, 3.05) is 0 Å². The molecule has 2 heterocycles. The molecule has 2 nitrogen and oxygen atoms in total. The number of thiazole rings is 1. The SMILES string of the molecule is Cc1cc[n+]2c(C)csc2n1. The van der Waals surface area contributed by atoms with E-state index in [-0.39, 0.29) is 0 Å². The van der Waals surface area contributed by atoms with E-state index < -0.39 is 0 Å². The first-order chi connectivity index (χ1) is 5.27. The van der Waals surface area contributed by atoms with Crippen LogP contribution < -0.4 is 4.40 Å². The highest BCUT2D eigenvalue weighted by molar-refractivity contribution is 7.14. The highest BCUT2D eigenvalue weighted by atomic mass is 32.1. The van der Waals surface area contributed by atoms with Crippen molar-refractivity contribution in [3.05, 3.63) is 29.0 Å². The van der Waals surface area contributed by atoms with Gasteiger partial charge in [-0.25, -0.2) is 0 Å². The second-order valence-corrected chi connectivity index (χ2v) is 3.44. The minimum atomic E-state index is 1.07. The number of rotatable bonds is 0. The van der Waals surface area contributed by atoms with E-state index in [1.165, 1.54) is 5.69 Å². The lowest BCUT2D eigenvalue weighted by atomic mass is 10.4. The summed E-state index contributed by atoms with van der Waals surface area (Å²) in [5, 5.41) is 2.11. The Labute approximate surface area is 69.1 Å². The van der Waals surface area contributed by atoms with Crippen molar-refractivity contribution < 1.29 is 4.40 Å². The molecule has 0 saturated carbocycles. The van der Waals surface area contributed by atoms with Crippen molar-refractivity contribution in [2.24, 2.45) is 0 Å².